The van der Waals surface area contributed by atoms with Gasteiger partial charge < -0.3 is 10.4 Å². The summed E-state index contributed by atoms with van der Waals surface area (Å²) < 4.78 is 0. The van der Waals surface area contributed by atoms with Crippen LogP contribution in [0.5, 0.6) is 0 Å². The summed E-state index contributed by atoms with van der Waals surface area (Å²) in [4.78, 5) is 24.6. The Kier molecular flexibility index (Phi) is 4.28. The van der Waals surface area contributed by atoms with Gasteiger partial charge in [0.05, 0.1) is 11.8 Å². The number of hydrogen-bond donors (Lipinski definition) is 2. The molecule has 0 aromatic carbocycles. The normalized spacial score (nSPS) is 34.7. The van der Waals surface area contributed by atoms with Crippen LogP contribution in [0.25, 0.3) is 0 Å². The maximum absolute atomic E-state index is 12.8. The van der Waals surface area contributed by atoms with Gasteiger partial charge in [0.2, 0.25) is 5.91 Å². The Morgan fingerprint density at radius 3 is 2.09 bits per heavy atom. The number of aliphatic carboxylic acids is 1. The molecule has 3 aliphatic rings. The van der Waals surface area contributed by atoms with Crippen LogP contribution in [0.3, 0.4) is 0 Å². The number of amides is 1. The van der Waals surface area contributed by atoms with Crippen LogP contribution in [0.4, 0.5) is 0 Å². The van der Waals surface area contributed by atoms with Gasteiger partial charge >= 0.3 is 5.97 Å². The van der Waals surface area contributed by atoms with Gasteiger partial charge in [-0.1, -0.05) is 30.4 Å². The van der Waals surface area contributed by atoms with Crippen molar-refractivity contribution in [3.05, 3.63) is 11.1 Å². The van der Waals surface area contributed by atoms with E-state index in [1.165, 1.54) is 30.4 Å². The third-order valence-electron chi connectivity index (χ3n) is 5.96. The number of rotatable bonds is 3. The number of fused-ring (bicyclic) bond motifs is 2. The van der Waals surface area contributed by atoms with Crippen molar-refractivity contribution in [3.8, 4) is 0 Å². The molecular formula is C18H27NO3. The summed E-state index contributed by atoms with van der Waals surface area (Å²) in [6.45, 7) is 4.11. The molecule has 22 heavy (non-hydrogen) atoms. The van der Waals surface area contributed by atoms with Crippen molar-refractivity contribution in [3.63, 3.8) is 0 Å². The molecule has 0 aliphatic heterocycles. The minimum absolute atomic E-state index is 0.00903. The van der Waals surface area contributed by atoms with Crippen LogP contribution in [0.15, 0.2) is 11.1 Å². The molecule has 3 fully saturated rings. The summed E-state index contributed by atoms with van der Waals surface area (Å²) in [5.41, 5.74) is 2.47. The fourth-order valence-corrected chi connectivity index (χ4v) is 5.15. The molecule has 3 rings (SSSR count). The van der Waals surface area contributed by atoms with E-state index in [-0.39, 0.29) is 29.7 Å². The van der Waals surface area contributed by atoms with Crippen LogP contribution in [-0.4, -0.2) is 23.0 Å². The molecule has 2 N–H and O–H groups in total. The van der Waals surface area contributed by atoms with Gasteiger partial charge in [-0.25, -0.2) is 0 Å². The van der Waals surface area contributed by atoms with Crippen molar-refractivity contribution in [2.75, 3.05) is 0 Å². The minimum atomic E-state index is -0.797. The highest BCUT2D eigenvalue weighted by molar-refractivity contribution is 5.87. The summed E-state index contributed by atoms with van der Waals surface area (Å²) in [6.07, 6.45) is 7.57. The highest BCUT2D eigenvalue weighted by Crippen LogP contribution is 2.57. The van der Waals surface area contributed by atoms with Crippen molar-refractivity contribution in [1.82, 2.24) is 5.32 Å². The molecule has 0 aromatic rings. The molecule has 0 unspecified atom stereocenters. The number of carbonyl (C=O) groups excluding carboxylic acids is 1. The Labute approximate surface area is 132 Å². The monoisotopic (exact) mass is 305 g/mol. The zero-order valence-electron chi connectivity index (χ0n) is 13.6. The van der Waals surface area contributed by atoms with Crippen LogP contribution >= 0.6 is 0 Å². The maximum atomic E-state index is 12.8. The molecule has 0 heterocycles. The lowest BCUT2D eigenvalue weighted by molar-refractivity contribution is -0.149. The van der Waals surface area contributed by atoms with Gasteiger partial charge in [-0.2, -0.15) is 0 Å². The van der Waals surface area contributed by atoms with Crippen LogP contribution in [0, 0.1) is 23.7 Å². The molecule has 3 aliphatic carbocycles. The molecule has 4 nitrogen and oxygen atoms in total. The lowest BCUT2D eigenvalue weighted by atomic mass is 9.78. The fraction of sp³-hybridized carbons (Fsp3) is 0.778. The van der Waals surface area contributed by atoms with Gasteiger partial charge in [0.25, 0.3) is 0 Å². The molecule has 3 saturated carbocycles. The van der Waals surface area contributed by atoms with E-state index in [0.717, 1.165) is 25.7 Å². The van der Waals surface area contributed by atoms with E-state index in [1.54, 1.807) is 0 Å². The molecule has 0 spiro atoms. The van der Waals surface area contributed by atoms with Gasteiger partial charge in [-0.15, -0.1) is 0 Å². The number of allylic oxidation sites excluding steroid dienone is 2. The second-order valence-corrected chi connectivity index (χ2v) is 7.48. The standard InChI is InChI=1S/C18H27NO3/c1-10(2)14-12-8-9-13(14)16(18(21)22)15(12)17(20)19-11-6-4-3-5-7-11/h11-13,15-16H,3-9H2,1-2H3,(H,19,20)(H,21,22)/t12-,13-,15+,16-/m1/s1. The highest BCUT2D eigenvalue weighted by Gasteiger charge is 2.57. The largest absolute Gasteiger partial charge is 0.481 e. The first-order valence-electron chi connectivity index (χ1n) is 8.71. The smallest absolute Gasteiger partial charge is 0.307 e. The Hall–Kier alpha value is -1.32. The lowest BCUT2D eigenvalue weighted by Crippen LogP contribution is -2.45. The summed E-state index contributed by atoms with van der Waals surface area (Å²) in [7, 11) is 0. The molecule has 0 radical (unpaired) electrons. The first-order chi connectivity index (χ1) is 10.5. The van der Waals surface area contributed by atoms with Crippen LogP contribution in [-0.2, 0) is 9.59 Å². The SMILES string of the molecule is CC(C)=C1[C@H]2CC[C@H]1[C@@H](C(=O)O)[C@H]2C(=O)NC1CCCCC1. The third-order valence-corrected chi connectivity index (χ3v) is 5.96. The maximum Gasteiger partial charge on any atom is 0.307 e. The van der Waals surface area contributed by atoms with E-state index in [0.29, 0.717) is 0 Å². The van der Waals surface area contributed by atoms with Crippen molar-refractivity contribution < 1.29 is 14.7 Å². The molecule has 0 saturated heterocycles. The van der Waals surface area contributed by atoms with Crippen molar-refractivity contribution >= 4 is 11.9 Å². The van der Waals surface area contributed by atoms with Crippen molar-refractivity contribution in [2.24, 2.45) is 23.7 Å². The fourth-order valence-electron chi connectivity index (χ4n) is 5.15. The van der Waals surface area contributed by atoms with E-state index >= 15 is 0 Å². The first kappa shape index (κ1) is 15.6. The quantitative estimate of drug-likeness (QED) is 0.787. The molecule has 0 aromatic heterocycles. The Morgan fingerprint density at radius 1 is 0.955 bits per heavy atom. The van der Waals surface area contributed by atoms with E-state index in [4.69, 9.17) is 0 Å². The van der Waals surface area contributed by atoms with Crippen LogP contribution in [0.1, 0.15) is 58.8 Å². The molecular weight excluding hydrogens is 278 g/mol. The van der Waals surface area contributed by atoms with E-state index < -0.39 is 11.9 Å². The lowest BCUT2D eigenvalue weighted by Gasteiger charge is -2.30. The minimum Gasteiger partial charge on any atom is -0.481 e. The predicted octanol–water partition coefficient (Wildman–Crippen LogP) is 3.13. The Balaban J connectivity index is 1.80. The predicted molar refractivity (Wildman–Crippen MR) is 84.2 cm³/mol. The van der Waals surface area contributed by atoms with Gasteiger partial charge in [-0.3, -0.25) is 9.59 Å². The summed E-state index contributed by atoms with van der Waals surface area (Å²) in [5, 5.41) is 12.8. The second kappa shape index (κ2) is 6.05. The average Bonchev–Trinajstić information content (AvgIpc) is 3.03. The first-order valence-corrected chi connectivity index (χ1v) is 8.71. The van der Waals surface area contributed by atoms with E-state index in [9.17, 15) is 14.7 Å². The van der Waals surface area contributed by atoms with Crippen molar-refractivity contribution in [1.29, 1.82) is 0 Å². The molecule has 4 atom stereocenters. The zero-order valence-corrected chi connectivity index (χ0v) is 13.6. The highest BCUT2D eigenvalue weighted by atomic mass is 16.4. The molecule has 4 heteroatoms. The van der Waals surface area contributed by atoms with E-state index in [1.807, 2.05) is 0 Å². The Morgan fingerprint density at radius 2 is 1.55 bits per heavy atom. The number of hydrogen-bond acceptors (Lipinski definition) is 2. The van der Waals surface area contributed by atoms with Gasteiger partial charge in [-0.05, 0) is 51.4 Å². The number of carboxylic acid groups (broad SMARTS) is 1. The van der Waals surface area contributed by atoms with Crippen molar-refractivity contribution in [2.45, 2.75) is 64.8 Å². The number of carboxylic acids is 1. The zero-order chi connectivity index (χ0) is 15.9. The Bertz CT molecular complexity index is 500. The molecule has 2 bridgehead atoms. The summed E-state index contributed by atoms with van der Waals surface area (Å²) >= 11 is 0. The molecule has 122 valence electrons. The molecule has 1 amide bonds. The number of nitrogens with one attached hydrogen (secondary N) is 1. The van der Waals surface area contributed by atoms with Gasteiger partial charge in [0.15, 0.2) is 0 Å². The average molecular weight is 305 g/mol. The summed E-state index contributed by atoms with van der Waals surface area (Å²) in [6, 6.07) is 0.255. The second-order valence-electron chi connectivity index (χ2n) is 7.48. The third kappa shape index (κ3) is 2.57. The summed E-state index contributed by atoms with van der Waals surface area (Å²) in [5.74, 6) is -1.45. The van der Waals surface area contributed by atoms with Crippen LogP contribution in [0.2, 0.25) is 0 Å². The van der Waals surface area contributed by atoms with Gasteiger partial charge in [0, 0.05) is 6.04 Å². The van der Waals surface area contributed by atoms with Crippen LogP contribution < -0.4 is 5.32 Å². The number of carbonyl (C=O) groups is 2. The van der Waals surface area contributed by atoms with E-state index in [2.05, 4.69) is 19.2 Å². The van der Waals surface area contributed by atoms with Gasteiger partial charge in [0.1, 0.15) is 0 Å². The topological polar surface area (TPSA) is 66.4 Å².